The van der Waals surface area contributed by atoms with Gasteiger partial charge in [-0.25, -0.2) is 0 Å². The number of carbonyl (C=O) groups excluding carboxylic acids is 2. The Bertz CT molecular complexity index is 713. The summed E-state index contributed by atoms with van der Waals surface area (Å²) in [6.45, 7) is 2.99. The predicted molar refractivity (Wildman–Crippen MR) is 89.3 cm³/mol. The molecule has 3 rings (SSSR count). The SMILES string of the molecule is CC(C(=O)NCC1(C(N)=O)CCOCC1)c1cc2ccccc2o1. The van der Waals surface area contributed by atoms with Crippen molar-refractivity contribution in [3.63, 3.8) is 0 Å². The summed E-state index contributed by atoms with van der Waals surface area (Å²) in [6, 6.07) is 9.50. The van der Waals surface area contributed by atoms with Gasteiger partial charge in [0.1, 0.15) is 11.3 Å². The Morgan fingerprint density at radius 3 is 2.67 bits per heavy atom. The Morgan fingerprint density at radius 2 is 2.00 bits per heavy atom. The van der Waals surface area contributed by atoms with Crippen molar-refractivity contribution < 1.29 is 18.7 Å². The van der Waals surface area contributed by atoms with Crippen LogP contribution in [0.25, 0.3) is 11.0 Å². The van der Waals surface area contributed by atoms with Crippen molar-refractivity contribution >= 4 is 22.8 Å². The van der Waals surface area contributed by atoms with E-state index < -0.39 is 11.3 Å². The molecule has 1 aromatic carbocycles. The van der Waals surface area contributed by atoms with Crippen molar-refractivity contribution in [2.45, 2.75) is 25.7 Å². The molecular weight excluding hydrogens is 308 g/mol. The number of hydrogen-bond acceptors (Lipinski definition) is 4. The van der Waals surface area contributed by atoms with E-state index in [2.05, 4.69) is 5.32 Å². The monoisotopic (exact) mass is 330 g/mol. The van der Waals surface area contributed by atoms with Crippen molar-refractivity contribution in [1.29, 1.82) is 0 Å². The van der Waals surface area contributed by atoms with Crippen LogP contribution in [-0.2, 0) is 14.3 Å². The molecule has 1 aromatic heterocycles. The summed E-state index contributed by atoms with van der Waals surface area (Å²) in [7, 11) is 0. The number of nitrogens with two attached hydrogens (primary N) is 1. The fourth-order valence-corrected chi connectivity index (χ4v) is 3.03. The predicted octanol–water partition coefficient (Wildman–Crippen LogP) is 1.93. The molecule has 128 valence electrons. The second kappa shape index (κ2) is 6.65. The number of rotatable bonds is 5. The molecule has 24 heavy (non-hydrogen) atoms. The minimum Gasteiger partial charge on any atom is -0.460 e. The molecule has 0 spiro atoms. The van der Waals surface area contributed by atoms with Gasteiger partial charge in [-0.15, -0.1) is 0 Å². The van der Waals surface area contributed by atoms with Gasteiger partial charge in [0, 0.05) is 25.1 Å². The fraction of sp³-hybridized carbons (Fsp3) is 0.444. The van der Waals surface area contributed by atoms with E-state index in [1.807, 2.05) is 30.3 Å². The standard InChI is InChI=1S/C18H22N2O4/c1-12(15-10-13-4-2-3-5-14(13)24-15)16(21)20-11-18(17(19)22)6-8-23-9-7-18/h2-5,10,12H,6-9,11H2,1H3,(H2,19,22)(H,20,21). The van der Waals surface area contributed by atoms with Crippen molar-refractivity contribution in [1.82, 2.24) is 5.32 Å². The summed E-state index contributed by atoms with van der Waals surface area (Å²) in [5, 5.41) is 3.82. The number of ether oxygens (including phenoxy) is 1. The van der Waals surface area contributed by atoms with Crippen LogP contribution in [0.5, 0.6) is 0 Å². The van der Waals surface area contributed by atoms with Crippen LogP contribution in [-0.4, -0.2) is 31.6 Å². The number of carbonyl (C=O) groups is 2. The highest BCUT2D eigenvalue weighted by atomic mass is 16.5. The molecule has 0 aliphatic carbocycles. The molecule has 2 aromatic rings. The van der Waals surface area contributed by atoms with Crippen molar-refractivity contribution in [2.24, 2.45) is 11.1 Å². The Kier molecular flexibility index (Phi) is 4.57. The molecule has 2 heterocycles. The highest BCUT2D eigenvalue weighted by molar-refractivity contribution is 5.87. The van der Waals surface area contributed by atoms with Gasteiger partial charge in [-0.3, -0.25) is 9.59 Å². The third kappa shape index (κ3) is 3.14. The Labute approximate surface area is 140 Å². The Balaban J connectivity index is 1.68. The minimum absolute atomic E-state index is 0.179. The summed E-state index contributed by atoms with van der Waals surface area (Å²) in [6.07, 6.45) is 1.06. The van der Waals surface area contributed by atoms with Gasteiger partial charge < -0.3 is 20.2 Å². The van der Waals surface area contributed by atoms with Crippen LogP contribution in [0.2, 0.25) is 0 Å². The van der Waals surface area contributed by atoms with E-state index in [4.69, 9.17) is 14.9 Å². The highest BCUT2D eigenvalue weighted by Crippen LogP contribution is 2.30. The summed E-state index contributed by atoms with van der Waals surface area (Å²) in [4.78, 5) is 24.3. The summed E-state index contributed by atoms with van der Waals surface area (Å²) >= 11 is 0. The average molecular weight is 330 g/mol. The van der Waals surface area contributed by atoms with Crippen molar-refractivity contribution in [2.75, 3.05) is 19.8 Å². The van der Waals surface area contributed by atoms with Crippen molar-refractivity contribution in [3.8, 4) is 0 Å². The number of primary amides is 1. The first kappa shape index (κ1) is 16.5. The molecule has 3 N–H and O–H groups in total. The molecular formula is C18H22N2O4. The third-order valence-corrected chi connectivity index (χ3v) is 4.84. The summed E-state index contributed by atoms with van der Waals surface area (Å²) in [5.74, 6) is -0.403. The van der Waals surface area contributed by atoms with Gasteiger partial charge in [0.05, 0.1) is 11.3 Å². The van der Waals surface area contributed by atoms with E-state index in [0.717, 1.165) is 11.0 Å². The molecule has 1 saturated heterocycles. The Hall–Kier alpha value is -2.34. The van der Waals surface area contributed by atoms with Gasteiger partial charge in [-0.2, -0.15) is 0 Å². The zero-order chi connectivity index (χ0) is 17.2. The van der Waals surface area contributed by atoms with Gasteiger partial charge in [-0.1, -0.05) is 18.2 Å². The van der Waals surface area contributed by atoms with Gasteiger partial charge in [-0.05, 0) is 31.9 Å². The molecule has 0 radical (unpaired) electrons. The average Bonchev–Trinajstić information content (AvgIpc) is 3.03. The van der Waals surface area contributed by atoms with Gasteiger partial charge in [0.2, 0.25) is 11.8 Å². The van der Waals surface area contributed by atoms with E-state index in [1.165, 1.54) is 0 Å². The molecule has 6 heteroatoms. The number of furan rings is 1. The molecule has 1 atom stereocenters. The van der Waals surface area contributed by atoms with E-state index in [9.17, 15) is 9.59 Å². The molecule has 2 amide bonds. The molecule has 1 aliphatic heterocycles. The smallest absolute Gasteiger partial charge is 0.230 e. The molecule has 1 unspecified atom stereocenters. The molecule has 0 bridgehead atoms. The second-order valence-electron chi connectivity index (χ2n) is 6.38. The minimum atomic E-state index is -0.721. The van der Waals surface area contributed by atoms with Crippen LogP contribution in [0.1, 0.15) is 31.4 Å². The molecule has 6 nitrogen and oxygen atoms in total. The van der Waals surface area contributed by atoms with E-state index in [-0.39, 0.29) is 18.4 Å². The highest BCUT2D eigenvalue weighted by Gasteiger charge is 2.39. The lowest BCUT2D eigenvalue weighted by Gasteiger charge is -2.34. The zero-order valence-corrected chi connectivity index (χ0v) is 13.7. The molecule has 0 saturated carbocycles. The lowest BCUT2D eigenvalue weighted by atomic mass is 9.79. The quantitative estimate of drug-likeness (QED) is 0.876. The number of para-hydroxylation sites is 1. The van der Waals surface area contributed by atoms with Crippen molar-refractivity contribution in [3.05, 3.63) is 36.1 Å². The Morgan fingerprint density at radius 1 is 1.29 bits per heavy atom. The first-order valence-corrected chi connectivity index (χ1v) is 8.16. The van der Waals surface area contributed by atoms with E-state index >= 15 is 0 Å². The summed E-state index contributed by atoms with van der Waals surface area (Å²) in [5.41, 5.74) is 5.60. The largest absolute Gasteiger partial charge is 0.460 e. The van der Waals surface area contributed by atoms with E-state index in [1.54, 1.807) is 6.92 Å². The summed E-state index contributed by atoms with van der Waals surface area (Å²) < 4.78 is 11.0. The lowest BCUT2D eigenvalue weighted by Crippen LogP contribution is -2.50. The first-order valence-electron chi connectivity index (χ1n) is 8.16. The zero-order valence-electron chi connectivity index (χ0n) is 13.7. The van der Waals surface area contributed by atoms with E-state index in [0.29, 0.717) is 31.8 Å². The molecule has 1 fully saturated rings. The number of hydrogen-bond donors (Lipinski definition) is 2. The van der Waals surface area contributed by atoms with Crippen LogP contribution in [0.15, 0.2) is 34.7 Å². The van der Waals surface area contributed by atoms with Crippen LogP contribution >= 0.6 is 0 Å². The van der Waals surface area contributed by atoms with Crippen LogP contribution in [0.3, 0.4) is 0 Å². The number of benzene rings is 1. The second-order valence-corrected chi connectivity index (χ2v) is 6.38. The number of nitrogens with one attached hydrogen (secondary N) is 1. The number of fused-ring (bicyclic) bond motifs is 1. The maximum Gasteiger partial charge on any atom is 0.230 e. The maximum atomic E-state index is 12.5. The maximum absolute atomic E-state index is 12.5. The van der Waals surface area contributed by atoms with Crippen LogP contribution in [0, 0.1) is 5.41 Å². The lowest BCUT2D eigenvalue weighted by molar-refractivity contribution is -0.134. The normalized spacial score (nSPS) is 18.2. The first-order chi connectivity index (χ1) is 11.5. The van der Waals surface area contributed by atoms with Gasteiger partial charge in [0.25, 0.3) is 0 Å². The topological polar surface area (TPSA) is 94.6 Å². The van der Waals surface area contributed by atoms with Crippen LogP contribution in [0.4, 0.5) is 0 Å². The molecule has 1 aliphatic rings. The number of amides is 2. The van der Waals surface area contributed by atoms with Gasteiger partial charge in [0.15, 0.2) is 0 Å². The fourth-order valence-electron chi connectivity index (χ4n) is 3.03. The van der Waals surface area contributed by atoms with Gasteiger partial charge >= 0.3 is 0 Å². The van der Waals surface area contributed by atoms with Crippen LogP contribution < -0.4 is 11.1 Å². The third-order valence-electron chi connectivity index (χ3n) is 4.84.